The molecule has 134 valence electrons. The maximum atomic E-state index is 12.3. The largest absolute Gasteiger partial charge is 0.385 e. The van der Waals surface area contributed by atoms with E-state index in [9.17, 15) is 4.79 Å². The number of rotatable bonds is 10. The fraction of sp³-hybridized carbons (Fsp3) is 0.389. The molecule has 0 bridgehead atoms. The molecule has 0 radical (unpaired) electrons. The summed E-state index contributed by atoms with van der Waals surface area (Å²) in [7, 11) is 3.26. The summed E-state index contributed by atoms with van der Waals surface area (Å²) in [5.74, 6) is 0.868. The molecule has 0 atom stereocenters. The zero-order valence-electron chi connectivity index (χ0n) is 14.6. The van der Waals surface area contributed by atoms with Crippen LogP contribution in [0.25, 0.3) is 11.4 Å². The number of amides is 1. The number of nitrogens with one attached hydrogen (secondary N) is 2. The van der Waals surface area contributed by atoms with Crippen molar-refractivity contribution in [2.45, 2.75) is 6.42 Å². The third kappa shape index (κ3) is 6.13. The van der Waals surface area contributed by atoms with E-state index < -0.39 is 0 Å². The third-order valence-electron chi connectivity index (χ3n) is 3.41. The fourth-order valence-corrected chi connectivity index (χ4v) is 2.16. The van der Waals surface area contributed by atoms with Gasteiger partial charge >= 0.3 is 0 Å². The lowest BCUT2D eigenvalue weighted by molar-refractivity contribution is 0.0932. The zero-order chi connectivity index (χ0) is 17.9. The van der Waals surface area contributed by atoms with Gasteiger partial charge in [-0.15, -0.1) is 0 Å². The summed E-state index contributed by atoms with van der Waals surface area (Å²) in [5.41, 5.74) is 1.17. The number of carbonyl (C=O) groups is 1. The summed E-state index contributed by atoms with van der Waals surface area (Å²) in [5, 5.41) is 6.00. The Balaban J connectivity index is 2.20. The average molecular weight is 344 g/mol. The molecule has 1 aromatic carbocycles. The lowest BCUT2D eigenvalue weighted by Gasteiger charge is -2.10. The Labute approximate surface area is 147 Å². The molecular weight excluding hydrogens is 320 g/mol. The van der Waals surface area contributed by atoms with Crippen molar-refractivity contribution in [1.29, 1.82) is 0 Å². The SMILES string of the molecule is COCCCNc1cc(C(=O)NCCOC)nc(-c2ccccc2)n1. The van der Waals surface area contributed by atoms with Crippen LogP contribution in [0.2, 0.25) is 0 Å². The monoisotopic (exact) mass is 344 g/mol. The Kier molecular flexibility index (Phi) is 7.81. The van der Waals surface area contributed by atoms with Crippen LogP contribution in [-0.2, 0) is 9.47 Å². The Bertz CT molecular complexity index is 665. The number of hydrogen-bond donors (Lipinski definition) is 2. The van der Waals surface area contributed by atoms with Gasteiger partial charge in [-0.25, -0.2) is 9.97 Å². The van der Waals surface area contributed by atoms with Crippen molar-refractivity contribution in [3.63, 3.8) is 0 Å². The number of nitrogens with zero attached hydrogens (tertiary/aromatic N) is 2. The summed E-state index contributed by atoms with van der Waals surface area (Å²) >= 11 is 0. The molecule has 25 heavy (non-hydrogen) atoms. The minimum absolute atomic E-state index is 0.253. The van der Waals surface area contributed by atoms with Gasteiger partial charge in [0.2, 0.25) is 0 Å². The first-order valence-electron chi connectivity index (χ1n) is 8.19. The molecule has 7 nitrogen and oxygen atoms in total. The molecular formula is C18H24N4O3. The minimum Gasteiger partial charge on any atom is -0.385 e. The Morgan fingerprint density at radius 3 is 2.52 bits per heavy atom. The quantitative estimate of drug-likeness (QED) is 0.641. The Hall–Kier alpha value is -2.51. The van der Waals surface area contributed by atoms with Crippen molar-refractivity contribution in [1.82, 2.24) is 15.3 Å². The van der Waals surface area contributed by atoms with Gasteiger partial charge < -0.3 is 20.1 Å². The maximum absolute atomic E-state index is 12.3. The van der Waals surface area contributed by atoms with Gasteiger partial charge in [-0.3, -0.25) is 4.79 Å². The molecule has 0 aliphatic heterocycles. The summed E-state index contributed by atoms with van der Waals surface area (Å²) in [6.45, 7) is 2.24. The average Bonchev–Trinajstić information content (AvgIpc) is 2.66. The maximum Gasteiger partial charge on any atom is 0.270 e. The predicted octanol–water partition coefficient (Wildman–Crippen LogP) is 1.97. The molecule has 1 heterocycles. The second kappa shape index (κ2) is 10.4. The van der Waals surface area contributed by atoms with Gasteiger partial charge in [0.15, 0.2) is 5.82 Å². The lowest BCUT2D eigenvalue weighted by Crippen LogP contribution is -2.28. The molecule has 0 spiro atoms. The molecule has 0 aliphatic rings. The van der Waals surface area contributed by atoms with E-state index in [4.69, 9.17) is 9.47 Å². The predicted molar refractivity (Wildman–Crippen MR) is 96.7 cm³/mol. The smallest absolute Gasteiger partial charge is 0.270 e. The van der Waals surface area contributed by atoms with Gasteiger partial charge in [0.25, 0.3) is 5.91 Å². The molecule has 1 amide bonds. The lowest BCUT2D eigenvalue weighted by atomic mass is 10.2. The van der Waals surface area contributed by atoms with Gasteiger partial charge in [0.1, 0.15) is 11.5 Å². The molecule has 0 unspecified atom stereocenters. The van der Waals surface area contributed by atoms with E-state index in [2.05, 4.69) is 20.6 Å². The van der Waals surface area contributed by atoms with Crippen LogP contribution in [0.15, 0.2) is 36.4 Å². The highest BCUT2D eigenvalue weighted by atomic mass is 16.5. The molecule has 0 fully saturated rings. The first kappa shape index (κ1) is 18.8. The van der Waals surface area contributed by atoms with Crippen LogP contribution in [-0.4, -0.2) is 56.4 Å². The number of methoxy groups -OCH3 is 2. The van der Waals surface area contributed by atoms with E-state index in [1.54, 1.807) is 20.3 Å². The normalized spacial score (nSPS) is 10.5. The van der Waals surface area contributed by atoms with Gasteiger partial charge in [-0.2, -0.15) is 0 Å². The molecule has 0 saturated carbocycles. The molecule has 2 N–H and O–H groups in total. The zero-order valence-corrected chi connectivity index (χ0v) is 14.6. The van der Waals surface area contributed by atoms with Crippen LogP contribution in [0.3, 0.4) is 0 Å². The first-order valence-corrected chi connectivity index (χ1v) is 8.19. The summed E-state index contributed by atoms with van der Waals surface area (Å²) in [6, 6.07) is 11.2. The highest BCUT2D eigenvalue weighted by Gasteiger charge is 2.12. The number of ether oxygens (including phenoxy) is 2. The van der Waals surface area contributed by atoms with Crippen LogP contribution >= 0.6 is 0 Å². The number of carbonyl (C=O) groups excluding carboxylic acids is 1. The Morgan fingerprint density at radius 1 is 1.04 bits per heavy atom. The van der Waals surface area contributed by atoms with Gasteiger partial charge in [-0.05, 0) is 6.42 Å². The van der Waals surface area contributed by atoms with Gasteiger partial charge in [0, 0.05) is 45.5 Å². The van der Waals surface area contributed by atoms with Crippen LogP contribution in [0, 0.1) is 0 Å². The highest BCUT2D eigenvalue weighted by molar-refractivity contribution is 5.93. The van der Waals surface area contributed by atoms with Crippen LogP contribution in [0.1, 0.15) is 16.9 Å². The topological polar surface area (TPSA) is 85.4 Å². The summed E-state index contributed by atoms with van der Waals surface area (Å²) < 4.78 is 9.99. The molecule has 0 saturated heterocycles. The van der Waals surface area contributed by atoms with Gasteiger partial charge in [0.05, 0.1) is 6.61 Å². The van der Waals surface area contributed by atoms with E-state index in [-0.39, 0.29) is 5.91 Å². The molecule has 7 heteroatoms. The first-order chi connectivity index (χ1) is 12.2. The molecule has 2 aromatic rings. The van der Waals surface area contributed by atoms with E-state index in [1.807, 2.05) is 30.3 Å². The van der Waals surface area contributed by atoms with Crippen molar-refractivity contribution in [3.05, 3.63) is 42.1 Å². The van der Waals surface area contributed by atoms with E-state index in [1.165, 1.54) is 0 Å². The second-order valence-electron chi connectivity index (χ2n) is 5.35. The van der Waals surface area contributed by atoms with Crippen molar-refractivity contribution in [2.75, 3.05) is 45.8 Å². The highest BCUT2D eigenvalue weighted by Crippen LogP contribution is 2.17. The summed E-state index contributed by atoms with van der Waals surface area (Å²) in [6.07, 6.45) is 0.844. The molecule has 0 aliphatic carbocycles. The number of benzene rings is 1. The van der Waals surface area contributed by atoms with E-state index in [0.717, 1.165) is 12.0 Å². The van der Waals surface area contributed by atoms with Crippen LogP contribution in [0.4, 0.5) is 5.82 Å². The van der Waals surface area contributed by atoms with Crippen molar-refractivity contribution in [3.8, 4) is 11.4 Å². The van der Waals surface area contributed by atoms with Crippen LogP contribution in [0.5, 0.6) is 0 Å². The Morgan fingerprint density at radius 2 is 1.80 bits per heavy atom. The van der Waals surface area contributed by atoms with Gasteiger partial charge in [-0.1, -0.05) is 30.3 Å². The van der Waals surface area contributed by atoms with Crippen LogP contribution < -0.4 is 10.6 Å². The van der Waals surface area contributed by atoms with Crippen molar-refractivity contribution < 1.29 is 14.3 Å². The standard InChI is InChI=1S/C18H24N4O3/c1-24-11-6-9-19-16-13-15(18(23)20-10-12-25-2)21-17(22-16)14-7-4-3-5-8-14/h3-5,7-8,13H,6,9-12H2,1-2H3,(H,20,23)(H,19,21,22). The minimum atomic E-state index is -0.253. The number of anilines is 1. The summed E-state index contributed by atoms with van der Waals surface area (Å²) in [4.78, 5) is 21.2. The molecule has 2 rings (SSSR count). The number of aromatic nitrogens is 2. The number of hydrogen-bond acceptors (Lipinski definition) is 6. The van der Waals surface area contributed by atoms with E-state index >= 15 is 0 Å². The molecule has 1 aromatic heterocycles. The van der Waals surface area contributed by atoms with E-state index in [0.29, 0.717) is 43.6 Å². The van der Waals surface area contributed by atoms with Crippen molar-refractivity contribution in [2.24, 2.45) is 0 Å². The van der Waals surface area contributed by atoms with Crippen molar-refractivity contribution >= 4 is 11.7 Å². The second-order valence-corrected chi connectivity index (χ2v) is 5.35. The third-order valence-corrected chi connectivity index (χ3v) is 3.41. The fourth-order valence-electron chi connectivity index (χ4n) is 2.16.